The van der Waals surface area contributed by atoms with E-state index in [0.29, 0.717) is 23.0 Å². The maximum Gasteiger partial charge on any atom is 0.258 e. The standard InChI is InChI=1S/C24H31N3O2S/c1-15-9-10-19(17(3)12-15)25-23(29)22-18-7-4-8-20(18)30-24(22)26-21(28)14-27-11-5-6-16(2)13-27/h9-10,12,16H,4-8,11,13-14H2,1-3H3,(H,25,29)(H,26,28)/t16-/m0/s1. The number of aryl methyl sites for hydroxylation is 3. The van der Waals surface area contributed by atoms with E-state index in [1.54, 1.807) is 11.3 Å². The third kappa shape index (κ3) is 4.60. The van der Waals surface area contributed by atoms with E-state index in [-0.39, 0.29) is 11.8 Å². The second-order valence-electron chi connectivity index (χ2n) is 8.86. The molecule has 0 unspecified atom stereocenters. The van der Waals surface area contributed by atoms with Gasteiger partial charge in [0.15, 0.2) is 0 Å². The van der Waals surface area contributed by atoms with Crippen molar-refractivity contribution in [3.05, 3.63) is 45.3 Å². The number of nitrogens with one attached hydrogen (secondary N) is 2. The van der Waals surface area contributed by atoms with Crippen molar-refractivity contribution in [2.45, 2.75) is 52.9 Å². The first-order valence-electron chi connectivity index (χ1n) is 11.0. The Kier molecular flexibility index (Phi) is 6.25. The summed E-state index contributed by atoms with van der Waals surface area (Å²) in [6, 6.07) is 6.02. The molecule has 2 N–H and O–H groups in total. The summed E-state index contributed by atoms with van der Waals surface area (Å²) >= 11 is 1.57. The molecule has 2 aliphatic rings. The molecule has 160 valence electrons. The molecule has 1 saturated heterocycles. The van der Waals surface area contributed by atoms with E-state index in [1.165, 1.54) is 16.9 Å². The molecule has 30 heavy (non-hydrogen) atoms. The van der Waals surface area contributed by atoms with Gasteiger partial charge in [0, 0.05) is 17.1 Å². The van der Waals surface area contributed by atoms with Crippen LogP contribution in [0.1, 0.15) is 58.1 Å². The number of fused-ring (bicyclic) bond motifs is 1. The number of carbonyl (C=O) groups excluding carboxylic acids is 2. The number of piperidine rings is 1. The van der Waals surface area contributed by atoms with Crippen LogP contribution in [0.3, 0.4) is 0 Å². The Labute approximate surface area is 182 Å². The first-order chi connectivity index (χ1) is 14.4. The van der Waals surface area contributed by atoms with Gasteiger partial charge in [-0.3, -0.25) is 14.5 Å². The van der Waals surface area contributed by atoms with Gasteiger partial charge in [0.2, 0.25) is 5.91 Å². The Morgan fingerprint density at radius 3 is 2.77 bits per heavy atom. The predicted molar refractivity (Wildman–Crippen MR) is 124 cm³/mol. The van der Waals surface area contributed by atoms with Crippen LogP contribution in [0.25, 0.3) is 0 Å². The molecular weight excluding hydrogens is 394 g/mol. The van der Waals surface area contributed by atoms with Gasteiger partial charge in [-0.15, -0.1) is 11.3 Å². The molecule has 0 spiro atoms. The molecule has 1 atom stereocenters. The Morgan fingerprint density at radius 1 is 1.17 bits per heavy atom. The average Bonchev–Trinajstić information content (AvgIpc) is 3.24. The van der Waals surface area contributed by atoms with Crippen LogP contribution in [0.15, 0.2) is 18.2 Å². The minimum absolute atomic E-state index is 0.0235. The lowest BCUT2D eigenvalue weighted by Crippen LogP contribution is -2.39. The van der Waals surface area contributed by atoms with Gasteiger partial charge in [0.1, 0.15) is 5.00 Å². The Bertz CT molecular complexity index is 966. The number of hydrogen-bond donors (Lipinski definition) is 2. The molecule has 1 fully saturated rings. The average molecular weight is 426 g/mol. The quantitative estimate of drug-likeness (QED) is 0.725. The molecule has 6 heteroatoms. The summed E-state index contributed by atoms with van der Waals surface area (Å²) in [6.07, 6.45) is 5.35. The van der Waals surface area contributed by atoms with Crippen molar-refractivity contribution >= 4 is 33.8 Å². The molecule has 0 radical (unpaired) electrons. The van der Waals surface area contributed by atoms with Gasteiger partial charge in [0.25, 0.3) is 5.91 Å². The van der Waals surface area contributed by atoms with Crippen LogP contribution < -0.4 is 10.6 Å². The van der Waals surface area contributed by atoms with Gasteiger partial charge in [-0.1, -0.05) is 24.6 Å². The fourth-order valence-electron chi connectivity index (χ4n) is 4.67. The van der Waals surface area contributed by atoms with Crippen molar-refractivity contribution in [3.63, 3.8) is 0 Å². The van der Waals surface area contributed by atoms with E-state index in [9.17, 15) is 9.59 Å². The summed E-state index contributed by atoms with van der Waals surface area (Å²) in [4.78, 5) is 29.5. The van der Waals surface area contributed by atoms with E-state index in [1.807, 2.05) is 26.0 Å². The minimum Gasteiger partial charge on any atom is -0.322 e. The lowest BCUT2D eigenvalue weighted by atomic mass is 10.0. The van der Waals surface area contributed by atoms with E-state index in [0.717, 1.165) is 55.6 Å². The molecule has 1 aliphatic carbocycles. The van der Waals surface area contributed by atoms with Crippen LogP contribution in [0.4, 0.5) is 10.7 Å². The minimum atomic E-state index is -0.122. The number of hydrogen-bond acceptors (Lipinski definition) is 4. The molecule has 2 aromatic rings. The summed E-state index contributed by atoms with van der Waals surface area (Å²) in [7, 11) is 0. The van der Waals surface area contributed by atoms with Crippen molar-refractivity contribution in [1.82, 2.24) is 4.90 Å². The zero-order valence-electron chi connectivity index (χ0n) is 18.1. The van der Waals surface area contributed by atoms with E-state index < -0.39 is 0 Å². The highest BCUT2D eigenvalue weighted by Crippen LogP contribution is 2.39. The fourth-order valence-corrected chi connectivity index (χ4v) is 5.97. The smallest absolute Gasteiger partial charge is 0.258 e. The topological polar surface area (TPSA) is 61.4 Å². The summed E-state index contributed by atoms with van der Waals surface area (Å²) < 4.78 is 0. The van der Waals surface area contributed by atoms with Crippen LogP contribution in [-0.4, -0.2) is 36.3 Å². The second kappa shape index (κ2) is 8.90. The highest BCUT2D eigenvalue weighted by atomic mass is 32.1. The van der Waals surface area contributed by atoms with Crippen molar-refractivity contribution in [2.24, 2.45) is 5.92 Å². The lowest BCUT2D eigenvalue weighted by molar-refractivity contribution is -0.117. The molecule has 0 saturated carbocycles. The normalized spacial score (nSPS) is 18.8. The van der Waals surface area contributed by atoms with Crippen molar-refractivity contribution in [3.8, 4) is 0 Å². The molecule has 0 bridgehead atoms. The van der Waals surface area contributed by atoms with Crippen molar-refractivity contribution in [1.29, 1.82) is 0 Å². The fraction of sp³-hybridized carbons (Fsp3) is 0.500. The van der Waals surface area contributed by atoms with Crippen LogP contribution in [0, 0.1) is 19.8 Å². The van der Waals surface area contributed by atoms with Crippen molar-refractivity contribution in [2.75, 3.05) is 30.3 Å². The highest BCUT2D eigenvalue weighted by molar-refractivity contribution is 7.17. The third-order valence-electron chi connectivity index (χ3n) is 6.14. The highest BCUT2D eigenvalue weighted by Gasteiger charge is 2.28. The number of rotatable bonds is 5. The largest absolute Gasteiger partial charge is 0.322 e. The van der Waals surface area contributed by atoms with Gasteiger partial charge >= 0.3 is 0 Å². The van der Waals surface area contributed by atoms with E-state index in [2.05, 4.69) is 28.5 Å². The zero-order valence-corrected chi connectivity index (χ0v) is 19.0. The third-order valence-corrected chi connectivity index (χ3v) is 7.35. The zero-order chi connectivity index (χ0) is 21.3. The number of amides is 2. The summed E-state index contributed by atoms with van der Waals surface area (Å²) in [5.74, 6) is 0.490. The number of nitrogens with zero attached hydrogens (tertiary/aromatic N) is 1. The molecule has 5 nitrogen and oxygen atoms in total. The molecule has 2 heterocycles. The van der Waals surface area contributed by atoms with Gasteiger partial charge in [-0.05, 0) is 75.6 Å². The lowest BCUT2D eigenvalue weighted by Gasteiger charge is -2.30. The Hall–Kier alpha value is -2.18. The Morgan fingerprint density at radius 2 is 2.00 bits per heavy atom. The van der Waals surface area contributed by atoms with Crippen LogP contribution in [-0.2, 0) is 17.6 Å². The summed E-state index contributed by atoms with van der Waals surface area (Å²) in [5.41, 5.74) is 4.81. The van der Waals surface area contributed by atoms with Gasteiger partial charge in [-0.25, -0.2) is 0 Å². The van der Waals surface area contributed by atoms with E-state index >= 15 is 0 Å². The summed E-state index contributed by atoms with van der Waals surface area (Å²) in [5, 5.41) is 6.85. The monoisotopic (exact) mass is 425 g/mol. The number of benzene rings is 1. The van der Waals surface area contributed by atoms with E-state index in [4.69, 9.17) is 0 Å². The maximum atomic E-state index is 13.2. The molecular formula is C24H31N3O2S. The number of anilines is 2. The number of thiophene rings is 1. The first kappa shape index (κ1) is 21.1. The molecule has 1 aromatic carbocycles. The Balaban J connectivity index is 1.51. The summed E-state index contributed by atoms with van der Waals surface area (Å²) in [6.45, 7) is 8.62. The predicted octanol–water partition coefficient (Wildman–Crippen LogP) is 4.78. The molecule has 1 aromatic heterocycles. The molecule has 4 rings (SSSR count). The van der Waals surface area contributed by atoms with Crippen LogP contribution >= 0.6 is 11.3 Å². The van der Waals surface area contributed by atoms with Crippen LogP contribution in [0.2, 0.25) is 0 Å². The van der Waals surface area contributed by atoms with Gasteiger partial charge < -0.3 is 10.6 Å². The maximum absolute atomic E-state index is 13.2. The van der Waals surface area contributed by atoms with Crippen molar-refractivity contribution < 1.29 is 9.59 Å². The second-order valence-corrected chi connectivity index (χ2v) is 9.97. The first-order valence-corrected chi connectivity index (χ1v) is 11.8. The number of likely N-dealkylation sites (tertiary alicyclic amines) is 1. The van der Waals surface area contributed by atoms with Crippen LogP contribution in [0.5, 0.6) is 0 Å². The SMILES string of the molecule is Cc1ccc(NC(=O)c2c(NC(=O)CN3CCC[C@H](C)C3)sc3c2CCC3)c(C)c1. The number of carbonyl (C=O) groups is 2. The molecule has 1 aliphatic heterocycles. The van der Waals surface area contributed by atoms with Gasteiger partial charge in [0.05, 0.1) is 12.1 Å². The van der Waals surface area contributed by atoms with Gasteiger partial charge in [-0.2, -0.15) is 0 Å². The molecule has 2 amide bonds.